The molecule has 0 unspecified atom stereocenters. The first kappa shape index (κ1) is 19.3. The highest BCUT2D eigenvalue weighted by molar-refractivity contribution is 7.23. The molecule has 0 spiro atoms. The van der Waals surface area contributed by atoms with E-state index in [1.54, 1.807) is 5.38 Å². The summed E-state index contributed by atoms with van der Waals surface area (Å²) in [6.07, 6.45) is 0. The number of hydrogen-bond acceptors (Lipinski definition) is 7. The van der Waals surface area contributed by atoms with Crippen LogP contribution in [0.5, 0.6) is 0 Å². The molecule has 0 aliphatic rings. The van der Waals surface area contributed by atoms with Crippen molar-refractivity contribution >= 4 is 45.0 Å². The van der Waals surface area contributed by atoms with Crippen LogP contribution in [0.4, 0.5) is 31.1 Å². The standard InChI is InChI=1S/C20H17F2N5S2/c1-27(2)13-6-4-12(5-7-13)24-20-26-18(23)17(29-20)19-25-16(10-28-19)14-8-3-11(21)9-15(14)22/h3-10H,23H2,1-2H3,(H,24,26). The Morgan fingerprint density at radius 2 is 1.79 bits per heavy atom. The molecule has 4 rings (SSSR count). The van der Waals surface area contributed by atoms with Crippen molar-refractivity contribution in [3.63, 3.8) is 0 Å². The third-order valence-corrected chi connectivity index (χ3v) is 6.18. The number of nitrogens with zero attached hydrogens (tertiary/aromatic N) is 3. The maximum atomic E-state index is 14.0. The van der Waals surface area contributed by atoms with Crippen LogP contribution < -0.4 is 16.0 Å². The molecule has 0 aliphatic carbocycles. The molecule has 0 saturated heterocycles. The Morgan fingerprint density at radius 3 is 2.48 bits per heavy atom. The molecule has 3 N–H and O–H groups in total. The minimum Gasteiger partial charge on any atom is -0.382 e. The van der Waals surface area contributed by atoms with E-state index in [9.17, 15) is 8.78 Å². The fraction of sp³-hybridized carbons (Fsp3) is 0.100. The van der Waals surface area contributed by atoms with E-state index in [1.165, 1.54) is 34.8 Å². The largest absolute Gasteiger partial charge is 0.382 e. The Balaban J connectivity index is 1.57. The SMILES string of the molecule is CN(C)c1ccc(Nc2nc(N)c(-c3nc(-c4ccc(F)cc4F)cs3)s2)cc1. The second kappa shape index (κ2) is 7.76. The summed E-state index contributed by atoms with van der Waals surface area (Å²) >= 11 is 2.70. The zero-order valence-corrected chi connectivity index (χ0v) is 17.2. The lowest BCUT2D eigenvalue weighted by Gasteiger charge is -2.12. The van der Waals surface area contributed by atoms with E-state index in [-0.39, 0.29) is 5.56 Å². The summed E-state index contributed by atoms with van der Waals surface area (Å²) in [4.78, 5) is 11.6. The van der Waals surface area contributed by atoms with Crippen LogP contribution >= 0.6 is 22.7 Å². The van der Waals surface area contributed by atoms with Gasteiger partial charge in [-0.1, -0.05) is 11.3 Å². The molecule has 148 valence electrons. The molecule has 0 fully saturated rings. The lowest BCUT2D eigenvalue weighted by molar-refractivity contribution is 0.585. The van der Waals surface area contributed by atoms with Crippen molar-refractivity contribution in [2.45, 2.75) is 0 Å². The Hall–Kier alpha value is -3.04. The van der Waals surface area contributed by atoms with E-state index >= 15 is 0 Å². The molecule has 2 heterocycles. The van der Waals surface area contributed by atoms with Crippen molar-refractivity contribution in [1.29, 1.82) is 0 Å². The van der Waals surface area contributed by atoms with Crippen molar-refractivity contribution in [3.05, 3.63) is 59.5 Å². The second-order valence-electron chi connectivity index (χ2n) is 6.46. The van der Waals surface area contributed by atoms with E-state index in [0.29, 0.717) is 26.5 Å². The van der Waals surface area contributed by atoms with Crippen molar-refractivity contribution in [3.8, 4) is 21.1 Å². The quantitative estimate of drug-likeness (QED) is 0.432. The van der Waals surface area contributed by atoms with Gasteiger partial charge in [0.25, 0.3) is 0 Å². The molecule has 0 bridgehead atoms. The topological polar surface area (TPSA) is 67.1 Å². The zero-order valence-electron chi connectivity index (χ0n) is 15.6. The average molecular weight is 430 g/mol. The minimum atomic E-state index is -0.650. The summed E-state index contributed by atoms with van der Waals surface area (Å²) in [6.45, 7) is 0. The van der Waals surface area contributed by atoms with Gasteiger partial charge in [0.15, 0.2) is 5.13 Å². The van der Waals surface area contributed by atoms with E-state index in [2.05, 4.69) is 15.3 Å². The highest BCUT2D eigenvalue weighted by Crippen LogP contribution is 2.39. The van der Waals surface area contributed by atoms with Gasteiger partial charge in [0.05, 0.1) is 5.69 Å². The van der Waals surface area contributed by atoms with Gasteiger partial charge in [-0.25, -0.2) is 18.7 Å². The van der Waals surface area contributed by atoms with Crippen molar-refractivity contribution in [2.75, 3.05) is 30.0 Å². The fourth-order valence-corrected chi connectivity index (χ4v) is 4.53. The Kier molecular flexibility index (Phi) is 5.16. The number of nitrogen functional groups attached to an aromatic ring is 1. The number of benzene rings is 2. The lowest BCUT2D eigenvalue weighted by atomic mass is 10.1. The van der Waals surface area contributed by atoms with Gasteiger partial charge in [-0.2, -0.15) is 0 Å². The average Bonchev–Trinajstić information content (AvgIpc) is 3.29. The molecule has 0 radical (unpaired) electrons. The third kappa shape index (κ3) is 4.06. The summed E-state index contributed by atoms with van der Waals surface area (Å²) < 4.78 is 27.2. The lowest BCUT2D eigenvalue weighted by Crippen LogP contribution is -2.08. The normalized spacial score (nSPS) is 10.9. The van der Waals surface area contributed by atoms with Crippen molar-refractivity contribution in [2.24, 2.45) is 0 Å². The van der Waals surface area contributed by atoms with E-state index < -0.39 is 11.6 Å². The number of halogens is 2. The number of aromatic nitrogens is 2. The molecular formula is C20H17F2N5S2. The van der Waals surface area contributed by atoms with Gasteiger partial charge in [-0.05, 0) is 36.4 Å². The predicted molar refractivity (Wildman–Crippen MR) is 117 cm³/mol. The highest BCUT2D eigenvalue weighted by Gasteiger charge is 2.17. The van der Waals surface area contributed by atoms with E-state index in [1.807, 2.05) is 43.3 Å². The number of anilines is 4. The first-order chi connectivity index (χ1) is 13.9. The number of thiazole rings is 2. The van der Waals surface area contributed by atoms with Gasteiger partial charge < -0.3 is 16.0 Å². The van der Waals surface area contributed by atoms with Crippen LogP contribution in [0, 0.1) is 11.6 Å². The Labute approximate surface area is 174 Å². The monoisotopic (exact) mass is 429 g/mol. The molecule has 2 aromatic carbocycles. The summed E-state index contributed by atoms with van der Waals surface area (Å²) in [5.41, 5.74) is 8.75. The first-order valence-electron chi connectivity index (χ1n) is 8.63. The van der Waals surface area contributed by atoms with Crippen LogP contribution in [-0.2, 0) is 0 Å². The predicted octanol–water partition coefficient (Wildman–Crippen LogP) is 5.60. The Bertz CT molecular complexity index is 1150. The van der Waals surface area contributed by atoms with Crippen LogP contribution in [0.15, 0.2) is 47.8 Å². The molecule has 0 atom stereocenters. The molecule has 2 aromatic heterocycles. The van der Waals surface area contributed by atoms with E-state index in [0.717, 1.165) is 17.4 Å². The smallest absolute Gasteiger partial charge is 0.189 e. The molecule has 5 nitrogen and oxygen atoms in total. The van der Waals surface area contributed by atoms with Crippen molar-refractivity contribution < 1.29 is 8.78 Å². The van der Waals surface area contributed by atoms with Crippen LogP contribution in [0.2, 0.25) is 0 Å². The fourth-order valence-electron chi connectivity index (χ4n) is 2.70. The molecular weight excluding hydrogens is 412 g/mol. The van der Waals surface area contributed by atoms with E-state index in [4.69, 9.17) is 5.73 Å². The molecule has 29 heavy (non-hydrogen) atoms. The summed E-state index contributed by atoms with van der Waals surface area (Å²) in [5, 5.41) is 6.23. The molecule has 4 aromatic rings. The highest BCUT2D eigenvalue weighted by atomic mass is 32.1. The van der Waals surface area contributed by atoms with Gasteiger partial charge in [0.2, 0.25) is 0 Å². The summed E-state index contributed by atoms with van der Waals surface area (Å²) in [5.74, 6) is -0.923. The molecule has 0 saturated carbocycles. The van der Waals surface area contributed by atoms with Crippen LogP contribution in [0.25, 0.3) is 21.1 Å². The second-order valence-corrected chi connectivity index (χ2v) is 8.32. The van der Waals surface area contributed by atoms with Crippen LogP contribution in [0.3, 0.4) is 0 Å². The van der Waals surface area contributed by atoms with Gasteiger partial charge >= 0.3 is 0 Å². The van der Waals surface area contributed by atoms with Crippen LogP contribution in [0.1, 0.15) is 0 Å². The van der Waals surface area contributed by atoms with Gasteiger partial charge in [0, 0.05) is 42.5 Å². The minimum absolute atomic E-state index is 0.247. The first-order valence-corrected chi connectivity index (χ1v) is 10.3. The van der Waals surface area contributed by atoms with Gasteiger partial charge in [-0.15, -0.1) is 11.3 Å². The number of nitrogens with two attached hydrogens (primary N) is 1. The third-order valence-electron chi connectivity index (χ3n) is 4.19. The number of nitrogens with one attached hydrogen (secondary N) is 1. The maximum Gasteiger partial charge on any atom is 0.189 e. The molecule has 0 amide bonds. The molecule has 0 aliphatic heterocycles. The Morgan fingerprint density at radius 1 is 1.03 bits per heavy atom. The number of hydrogen-bond donors (Lipinski definition) is 2. The summed E-state index contributed by atoms with van der Waals surface area (Å²) in [7, 11) is 3.96. The number of rotatable bonds is 5. The van der Waals surface area contributed by atoms with Crippen LogP contribution in [-0.4, -0.2) is 24.1 Å². The van der Waals surface area contributed by atoms with Crippen molar-refractivity contribution in [1.82, 2.24) is 9.97 Å². The maximum absolute atomic E-state index is 14.0. The summed E-state index contributed by atoms with van der Waals surface area (Å²) in [6, 6.07) is 11.4. The molecule has 9 heteroatoms. The van der Waals surface area contributed by atoms with Gasteiger partial charge in [0.1, 0.15) is 27.3 Å². The zero-order chi connectivity index (χ0) is 20.5. The van der Waals surface area contributed by atoms with Gasteiger partial charge in [-0.3, -0.25) is 0 Å².